The molecule has 0 aromatic heterocycles. The number of hydrogen-bond acceptors (Lipinski definition) is 2. The summed E-state index contributed by atoms with van der Waals surface area (Å²) in [6.07, 6.45) is 0. The minimum absolute atomic E-state index is 0. The summed E-state index contributed by atoms with van der Waals surface area (Å²) >= 11 is 2.58. The summed E-state index contributed by atoms with van der Waals surface area (Å²) in [6.45, 7) is 3.01. The standard InChI is InChI=1S/C3H3BrO2.Li/c1-2(4)3(5)6;/h1H2,(H,5,6);/q;+1/p-1. The van der Waals surface area contributed by atoms with Crippen molar-refractivity contribution in [1.29, 1.82) is 0 Å². The van der Waals surface area contributed by atoms with Gasteiger partial charge in [0.1, 0.15) is 0 Å². The molecule has 2 nitrogen and oxygen atoms in total. The second-order valence-electron chi connectivity index (χ2n) is 0.692. The van der Waals surface area contributed by atoms with Crippen LogP contribution >= 0.6 is 15.9 Å². The van der Waals surface area contributed by atoms with E-state index >= 15 is 0 Å². The molecule has 0 N–H and O–H groups in total. The monoisotopic (exact) mass is 156 g/mol. The first-order valence-corrected chi connectivity index (χ1v) is 1.99. The van der Waals surface area contributed by atoms with Crippen molar-refractivity contribution in [2.75, 3.05) is 0 Å². The summed E-state index contributed by atoms with van der Waals surface area (Å²) in [5.41, 5.74) is 0. The van der Waals surface area contributed by atoms with Gasteiger partial charge in [-0.2, -0.15) is 0 Å². The van der Waals surface area contributed by atoms with Gasteiger partial charge in [0.2, 0.25) is 0 Å². The number of carbonyl (C=O) groups excluding carboxylic acids is 1. The van der Waals surface area contributed by atoms with E-state index in [9.17, 15) is 9.90 Å². The molecular formula is C3H2BrLiO2. The molecule has 0 heterocycles. The Hall–Kier alpha value is 0.287. The summed E-state index contributed by atoms with van der Waals surface area (Å²) in [6, 6.07) is 0. The van der Waals surface area contributed by atoms with Crippen molar-refractivity contribution in [3.8, 4) is 0 Å². The molecule has 7 heavy (non-hydrogen) atoms. The Labute approximate surface area is 61.9 Å². The fourth-order valence-electron chi connectivity index (χ4n) is 0. The summed E-state index contributed by atoms with van der Waals surface area (Å²) in [5.74, 6) is -1.27. The average molecular weight is 157 g/mol. The van der Waals surface area contributed by atoms with Crippen LogP contribution in [0.1, 0.15) is 0 Å². The first kappa shape index (κ1) is 10.3. The van der Waals surface area contributed by atoms with Crippen molar-refractivity contribution in [1.82, 2.24) is 0 Å². The fourth-order valence-corrected chi connectivity index (χ4v) is 0. The SMILES string of the molecule is C=C(Br)C(=O)[O-].[Li+]. The van der Waals surface area contributed by atoms with Gasteiger partial charge in [0, 0.05) is 4.48 Å². The molecule has 0 rings (SSSR count). The predicted molar refractivity (Wildman–Crippen MR) is 23.1 cm³/mol. The molecule has 0 aliphatic carbocycles. The quantitative estimate of drug-likeness (QED) is 0.294. The maximum absolute atomic E-state index is 9.44. The van der Waals surface area contributed by atoms with Crippen LogP contribution in [0.3, 0.4) is 0 Å². The van der Waals surface area contributed by atoms with Gasteiger partial charge in [0.05, 0.1) is 5.97 Å². The molecule has 4 heteroatoms. The third-order valence-electron chi connectivity index (χ3n) is 0.221. The van der Waals surface area contributed by atoms with E-state index in [-0.39, 0.29) is 23.3 Å². The molecule has 0 spiro atoms. The van der Waals surface area contributed by atoms with Crippen LogP contribution in [0.5, 0.6) is 0 Å². The van der Waals surface area contributed by atoms with Crippen molar-refractivity contribution in [3.63, 3.8) is 0 Å². The Morgan fingerprint density at radius 1 is 1.71 bits per heavy atom. The van der Waals surface area contributed by atoms with E-state index in [4.69, 9.17) is 0 Å². The van der Waals surface area contributed by atoms with Gasteiger partial charge in [0.25, 0.3) is 0 Å². The molecule has 0 bridgehead atoms. The van der Waals surface area contributed by atoms with Gasteiger partial charge in [-0.15, -0.1) is 0 Å². The number of carbonyl (C=O) groups is 1. The van der Waals surface area contributed by atoms with Gasteiger partial charge in [-0.3, -0.25) is 0 Å². The summed E-state index contributed by atoms with van der Waals surface area (Å²) in [4.78, 5) is 9.44. The molecule has 0 saturated heterocycles. The molecule has 0 atom stereocenters. The number of aliphatic carboxylic acids is 1. The summed E-state index contributed by atoms with van der Waals surface area (Å²) < 4.78 is -0.123. The Kier molecular flexibility index (Phi) is 6.55. The van der Waals surface area contributed by atoms with E-state index in [2.05, 4.69) is 22.5 Å². The van der Waals surface area contributed by atoms with Crippen LogP contribution in [0.15, 0.2) is 11.1 Å². The number of carboxylic acid groups (broad SMARTS) is 1. The smallest absolute Gasteiger partial charge is 0.544 e. The molecule has 0 fully saturated rings. The molecular weight excluding hydrogens is 155 g/mol. The Morgan fingerprint density at radius 2 is 1.86 bits per heavy atom. The number of halogens is 1. The Balaban J connectivity index is 0. The normalized spacial score (nSPS) is 6.43. The van der Waals surface area contributed by atoms with E-state index in [0.717, 1.165) is 0 Å². The predicted octanol–water partition coefficient (Wildman–Crippen LogP) is -3.35. The van der Waals surface area contributed by atoms with Crippen molar-refractivity contribution < 1.29 is 28.8 Å². The third kappa shape index (κ3) is 6.29. The molecule has 0 amide bonds. The maximum atomic E-state index is 9.44. The van der Waals surface area contributed by atoms with E-state index in [1.54, 1.807) is 0 Å². The second kappa shape index (κ2) is 4.45. The van der Waals surface area contributed by atoms with Gasteiger partial charge >= 0.3 is 18.9 Å². The molecule has 0 aliphatic heterocycles. The number of hydrogen-bond donors (Lipinski definition) is 0. The molecule has 34 valence electrons. The van der Waals surface area contributed by atoms with Gasteiger partial charge in [-0.05, 0) is 15.9 Å². The van der Waals surface area contributed by atoms with E-state index in [1.807, 2.05) is 0 Å². The molecule has 0 aromatic rings. The minimum atomic E-state index is -1.27. The van der Waals surface area contributed by atoms with E-state index < -0.39 is 5.97 Å². The third-order valence-corrected chi connectivity index (χ3v) is 0.545. The zero-order valence-corrected chi connectivity index (χ0v) is 5.49. The zero-order valence-electron chi connectivity index (χ0n) is 3.90. The Morgan fingerprint density at radius 3 is 1.86 bits per heavy atom. The Bertz CT molecular complexity index is 78.9. The van der Waals surface area contributed by atoms with Crippen LogP contribution in [-0.4, -0.2) is 5.97 Å². The molecule has 0 radical (unpaired) electrons. The van der Waals surface area contributed by atoms with Crippen molar-refractivity contribution in [3.05, 3.63) is 11.1 Å². The molecule has 0 aromatic carbocycles. The average Bonchev–Trinajstić information content (AvgIpc) is 1.36. The first-order chi connectivity index (χ1) is 2.64. The van der Waals surface area contributed by atoms with Crippen LogP contribution in [-0.2, 0) is 4.79 Å². The van der Waals surface area contributed by atoms with Crippen molar-refractivity contribution in [2.45, 2.75) is 0 Å². The minimum Gasteiger partial charge on any atom is -0.544 e. The molecule has 0 saturated carbocycles. The summed E-state index contributed by atoms with van der Waals surface area (Å²) in [7, 11) is 0. The second-order valence-corrected chi connectivity index (χ2v) is 1.65. The van der Waals surface area contributed by atoms with Crippen LogP contribution in [0.4, 0.5) is 0 Å². The van der Waals surface area contributed by atoms with Crippen molar-refractivity contribution in [2.24, 2.45) is 0 Å². The van der Waals surface area contributed by atoms with Crippen LogP contribution in [0.2, 0.25) is 0 Å². The number of carboxylic acids is 1. The van der Waals surface area contributed by atoms with Gasteiger partial charge < -0.3 is 9.90 Å². The fraction of sp³-hybridized carbons (Fsp3) is 0. The van der Waals surface area contributed by atoms with Gasteiger partial charge in [0.15, 0.2) is 0 Å². The van der Waals surface area contributed by atoms with Gasteiger partial charge in [-0.25, -0.2) is 0 Å². The zero-order chi connectivity index (χ0) is 5.15. The number of rotatable bonds is 1. The summed E-state index contributed by atoms with van der Waals surface area (Å²) in [5, 5.41) is 9.44. The van der Waals surface area contributed by atoms with E-state index in [1.165, 1.54) is 0 Å². The van der Waals surface area contributed by atoms with Crippen LogP contribution in [0, 0.1) is 0 Å². The first-order valence-electron chi connectivity index (χ1n) is 1.20. The van der Waals surface area contributed by atoms with Crippen molar-refractivity contribution >= 4 is 21.9 Å². The largest absolute Gasteiger partial charge is 1.00 e. The molecule has 0 aliphatic rings. The van der Waals surface area contributed by atoms with E-state index in [0.29, 0.717) is 0 Å². The maximum Gasteiger partial charge on any atom is 1.00 e. The van der Waals surface area contributed by atoms with Crippen LogP contribution in [0.25, 0.3) is 0 Å². The van der Waals surface area contributed by atoms with Crippen LogP contribution < -0.4 is 24.0 Å². The topological polar surface area (TPSA) is 40.1 Å². The van der Waals surface area contributed by atoms with Gasteiger partial charge in [-0.1, -0.05) is 6.58 Å². The molecule has 0 unspecified atom stereocenters.